The first-order chi connectivity index (χ1) is 17.8. The molecule has 0 spiro atoms. The van der Waals surface area contributed by atoms with E-state index in [1.807, 2.05) is 48.8 Å². The van der Waals surface area contributed by atoms with Crippen molar-refractivity contribution in [2.45, 2.75) is 32.1 Å². The highest BCUT2D eigenvalue weighted by Crippen LogP contribution is 2.35. The average molecular weight is 492 g/mol. The molecule has 4 heteroatoms. The summed E-state index contributed by atoms with van der Waals surface area (Å²) >= 11 is 0. The van der Waals surface area contributed by atoms with Crippen LogP contribution in [0.1, 0.15) is 41.8 Å². The number of phenolic OH excluding ortho intramolecular Hbond substituents is 1. The van der Waals surface area contributed by atoms with Crippen LogP contribution < -0.4 is 15.8 Å². The van der Waals surface area contributed by atoms with Gasteiger partial charge in [-0.3, -0.25) is 4.79 Å². The molecule has 1 aliphatic heterocycles. The summed E-state index contributed by atoms with van der Waals surface area (Å²) in [5.41, 5.74) is 5.02. The maximum absolute atomic E-state index is 13.3. The molecule has 0 bridgehead atoms. The number of nitrogens with one attached hydrogen (secondary N) is 1. The lowest BCUT2D eigenvalue weighted by Crippen LogP contribution is -2.43. The van der Waals surface area contributed by atoms with Gasteiger partial charge in [-0.15, -0.1) is 0 Å². The number of benzene rings is 3. The molecule has 3 aromatic carbocycles. The Hall–Kier alpha value is -4.18. The number of aromatic hydroxyl groups is 1. The summed E-state index contributed by atoms with van der Waals surface area (Å²) in [7, 11) is 0. The number of ketones is 1. The minimum Gasteiger partial charge on any atom is -0.508 e. The number of Topliss-reactive ketones (excluding diaryl/α,β-unsaturated/α-hetero) is 1. The van der Waals surface area contributed by atoms with Crippen molar-refractivity contribution < 1.29 is 14.3 Å². The third-order valence-electron chi connectivity index (χ3n) is 7.20. The summed E-state index contributed by atoms with van der Waals surface area (Å²) in [6.07, 6.45) is 17.4. The predicted molar refractivity (Wildman–Crippen MR) is 148 cm³/mol. The minimum atomic E-state index is -0.335. The van der Waals surface area contributed by atoms with Gasteiger partial charge >= 0.3 is 0 Å². The van der Waals surface area contributed by atoms with Gasteiger partial charge in [-0.1, -0.05) is 56.4 Å². The van der Waals surface area contributed by atoms with Gasteiger partial charge in [0, 0.05) is 23.9 Å². The van der Waals surface area contributed by atoms with Gasteiger partial charge in [0.15, 0.2) is 5.78 Å². The van der Waals surface area contributed by atoms with Crippen molar-refractivity contribution in [2.75, 3.05) is 0 Å². The van der Waals surface area contributed by atoms with E-state index in [-0.39, 0.29) is 28.7 Å². The van der Waals surface area contributed by atoms with Crippen molar-refractivity contribution in [1.29, 1.82) is 0 Å². The van der Waals surface area contributed by atoms with Gasteiger partial charge in [0.25, 0.3) is 0 Å². The summed E-state index contributed by atoms with van der Waals surface area (Å²) < 4.78 is 13.3. The maximum atomic E-state index is 13.3. The van der Waals surface area contributed by atoms with Crippen LogP contribution in [0.5, 0.6) is 5.75 Å². The van der Waals surface area contributed by atoms with E-state index in [1.54, 1.807) is 18.2 Å². The zero-order valence-corrected chi connectivity index (χ0v) is 21.0. The third-order valence-corrected chi connectivity index (χ3v) is 7.20. The zero-order valence-electron chi connectivity index (χ0n) is 21.0. The Morgan fingerprint density at radius 1 is 0.919 bits per heavy atom. The molecule has 0 fully saturated rings. The molecule has 0 saturated heterocycles. The van der Waals surface area contributed by atoms with Gasteiger partial charge in [0.2, 0.25) is 0 Å². The third kappa shape index (κ3) is 5.05. The second kappa shape index (κ2) is 10.1. The fraction of sp³-hybridized carbons (Fsp3) is 0.182. The van der Waals surface area contributed by atoms with Crippen LogP contribution in [0.4, 0.5) is 4.39 Å². The lowest BCUT2D eigenvalue weighted by molar-refractivity contribution is 0.0933. The monoisotopic (exact) mass is 491 g/mol. The molecule has 0 aromatic heterocycles. The highest BCUT2D eigenvalue weighted by molar-refractivity contribution is 6.01. The molecule has 3 aliphatic rings. The van der Waals surface area contributed by atoms with Crippen molar-refractivity contribution in [3.8, 4) is 16.9 Å². The largest absolute Gasteiger partial charge is 0.508 e. The lowest BCUT2D eigenvalue weighted by Gasteiger charge is -2.34. The highest BCUT2D eigenvalue weighted by atomic mass is 19.1. The Labute approximate surface area is 216 Å². The summed E-state index contributed by atoms with van der Waals surface area (Å²) in [5.74, 6) is -0.272. The van der Waals surface area contributed by atoms with Gasteiger partial charge in [-0.05, 0) is 99.5 Å². The number of hydrogen-bond donors (Lipinski definition) is 2. The quantitative estimate of drug-likeness (QED) is 0.454. The number of phenols is 1. The fourth-order valence-corrected chi connectivity index (χ4v) is 5.41. The topological polar surface area (TPSA) is 49.3 Å². The van der Waals surface area contributed by atoms with Gasteiger partial charge in [-0.25, -0.2) is 4.39 Å². The number of rotatable bonds is 2. The summed E-state index contributed by atoms with van der Waals surface area (Å²) in [5, 5.41) is 15.1. The first kappa shape index (κ1) is 24.5. The van der Waals surface area contributed by atoms with Crippen LogP contribution in [0.3, 0.4) is 0 Å². The van der Waals surface area contributed by atoms with Gasteiger partial charge in [0.1, 0.15) is 11.6 Å². The Bertz CT molecular complexity index is 1550. The Kier molecular flexibility index (Phi) is 6.66. The van der Waals surface area contributed by atoms with E-state index >= 15 is 0 Å². The molecule has 0 radical (unpaired) electrons. The number of halogens is 1. The smallest absolute Gasteiger partial charge is 0.169 e. The van der Waals surface area contributed by atoms with Crippen LogP contribution in [0, 0.1) is 11.7 Å². The maximum Gasteiger partial charge on any atom is 0.169 e. The number of allylic oxidation sites excluding steroid dienone is 4. The van der Waals surface area contributed by atoms with Crippen LogP contribution in [0.15, 0.2) is 91.3 Å². The van der Waals surface area contributed by atoms with Crippen molar-refractivity contribution in [2.24, 2.45) is 5.92 Å². The number of hydrogen-bond acceptors (Lipinski definition) is 3. The van der Waals surface area contributed by atoms with Crippen LogP contribution in [0.2, 0.25) is 0 Å². The minimum absolute atomic E-state index is 0.0347. The van der Waals surface area contributed by atoms with Crippen molar-refractivity contribution in [1.82, 2.24) is 5.32 Å². The van der Waals surface area contributed by atoms with Crippen LogP contribution >= 0.6 is 0 Å². The van der Waals surface area contributed by atoms with E-state index in [1.165, 1.54) is 17.7 Å². The molecule has 1 atom stereocenters. The highest BCUT2D eigenvalue weighted by Gasteiger charge is 2.33. The second-order valence-corrected chi connectivity index (χ2v) is 10.2. The summed E-state index contributed by atoms with van der Waals surface area (Å²) in [6.45, 7) is 4.37. The molecule has 186 valence electrons. The van der Waals surface area contributed by atoms with Gasteiger partial charge in [0.05, 0.1) is 0 Å². The Balaban J connectivity index is 0.000000348. The molecule has 6 rings (SSSR count). The number of carbonyl (C=O) groups excluding carboxylic acids is 1. The van der Waals surface area contributed by atoms with Crippen molar-refractivity contribution >= 4 is 17.9 Å². The Morgan fingerprint density at radius 3 is 2.35 bits per heavy atom. The normalized spacial score (nSPS) is 17.9. The molecule has 2 N–H and O–H groups in total. The summed E-state index contributed by atoms with van der Waals surface area (Å²) in [4.78, 5) is 13.2. The molecule has 1 heterocycles. The van der Waals surface area contributed by atoms with E-state index < -0.39 is 0 Å². The average Bonchev–Trinajstić information content (AvgIpc) is 3.21. The summed E-state index contributed by atoms with van der Waals surface area (Å²) in [6, 6.07) is 15.7. The van der Waals surface area contributed by atoms with Crippen LogP contribution in [-0.2, 0) is 11.8 Å². The van der Waals surface area contributed by atoms with Gasteiger partial charge < -0.3 is 10.4 Å². The molecule has 37 heavy (non-hydrogen) atoms. The molecule has 0 amide bonds. The Morgan fingerprint density at radius 2 is 1.62 bits per heavy atom. The number of carbonyl (C=O) groups is 1. The molecule has 0 saturated carbocycles. The van der Waals surface area contributed by atoms with E-state index in [0.717, 1.165) is 40.0 Å². The molecule has 3 aromatic rings. The second-order valence-electron chi connectivity index (χ2n) is 10.2. The van der Waals surface area contributed by atoms with E-state index in [2.05, 4.69) is 43.4 Å². The van der Waals surface area contributed by atoms with Crippen molar-refractivity contribution in [3.05, 3.63) is 124 Å². The first-order valence-electron chi connectivity index (χ1n) is 12.6. The van der Waals surface area contributed by atoms with E-state index in [0.29, 0.717) is 5.56 Å². The molecular weight excluding hydrogens is 461 g/mol. The molecule has 1 unspecified atom stereocenters. The van der Waals surface area contributed by atoms with Gasteiger partial charge in [-0.2, -0.15) is 0 Å². The predicted octanol–water partition coefficient (Wildman–Crippen LogP) is 5.67. The fourth-order valence-electron chi connectivity index (χ4n) is 5.41. The lowest BCUT2D eigenvalue weighted by atomic mass is 9.69. The van der Waals surface area contributed by atoms with Crippen LogP contribution in [-0.4, -0.2) is 10.9 Å². The van der Waals surface area contributed by atoms with E-state index in [4.69, 9.17) is 0 Å². The molecule has 2 aliphatic carbocycles. The standard InChI is InChI=1S/C27H23FO2.C6H7N/c1-27(2)15-18(26(30)16-3-6-19(28)7-4-16)14-24-23-9-5-17-13-20(29)8-10-21(17)22(23)11-12-25(24)27;1-2-4-6-7-5-3-1/h3-4,6-14,18,29H,5,15H2,1-2H3;1-7H. The first-order valence-corrected chi connectivity index (χ1v) is 12.6. The molecular formula is C33H30FNO2. The SMILES string of the molecule is C1=CC=CNC=C1.CC1(C)CC(C(=O)c2ccc(F)cc2)C=c2c1ccc1c2=CCc2cc(O)ccc2-1. The van der Waals surface area contributed by atoms with E-state index in [9.17, 15) is 14.3 Å². The molecule has 3 nitrogen and oxygen atoms in total. The zero-order chi connectivity index (χ0) is 26.0. The number of fused-ring (bicyclic) bond motifs is 5. The van der Waals surface area contributed by atoms with Crippen LogP contribution in [0.25, 0.3) is 23.3 Å². The van der Waals surface area contributed by atoms with Crippen molar-refractivity contribution in [3.63, 3.8) is 0 Å².